The third kappa shape index (κ3) is 3.38. The maximum Gasteiger partial charge on any atom is 0.265 e. The lowest BCUT2D eigenvalue weighted by Crippen LogP contribution is -2.13. The smallest absolute Gasteiger partial charge is 0.265 e. The summed E-state index contributed by atoms with van der Waals surface area (Å²) in [6.45, 7) is 3.26. The predicted molar refractivity (Wildman–Crippen MR) is 108 cm³/mol. The highest BCUT2D eigenvalue weighted by molar-refractivity contribution is 7.92. The summed E-state index contributed by atoms with van der Waals surface area (Å²) in [6, 6.07) is 6.98. The lowest BCUT2D eigenvalue weighted by atomic mass is 10.1. The Labute approximate surface area is 167 Å². The Balaban J connectivity index is 1.67. The van der Waals surface area contributed by atoms with Gasteiger partial charge in [0, 0.05) is 24.2 Å². The second-order valence-electron chi connectivity index (χ2n) is 6.65. The molecule has 0 saturated carbocycles. The van der Waals surface area contributed by atoms with Crippen LogP contribution in [0.5, 0.6) is 0 Å². The SMILES string of the molecule is CC(=O)c1cnc(-n2cc(S(=O)(=O)Nc3cccc4cnn(C)c34)cn2)cc1C. The van der Waals surface area contributed by atoms with E-state index in [4.69, 9.17) is 0 Å². The monoisotopic (exact) mass is 410 g/mol. The van der Waals surface area contributed by atoms with Gasteiger partial charge < -0.3 is 0 Å². The number of para-hydroxylation sites is 1. The number of nitrogens with one attached hydrogen (secondary N) is 1. The van der Waals surface area contributed by atoms with Gasteiger partial charge in [0.25, 0.3) is 10.0 Å². The van der Waals surface area contributed by atoms with E-state index in [0.29, 0.717) is 22.6 Å². The maximum absolute atomic E-state index is 12.9. The number of aromatic nitrogens is 5. The molecule has 3 heterocycles. The molecule has 0 amide bonds. The van der Waals surface area contributed by atoms with Crippen LogP contribution in [0.4, 0.5) is 5.69 Å². The van der Waals surface area contributed by atoms with Crippen LogP contribution < -0.4 is 4.72 Å². The molecule has 1 N–H and O–H groups in total. The average molecular weight is 410 g/mol. The molecule has 4 rings (SSSR count). The summed E-state index contributed by atoms with van der Waals surface area (Å²) in [4.78, 5) is 15.8. The number of carbonyl (C=O) groups is 1. The molecule has 0 aliphatic carbocycles. The molecule has 0 spiro atoms. The van der Waals surface area contributed by atoms with Crippen LogP contribution in [0, 0.1) is 6.92 Å². The molecule has 29 heavy (non-hydrogen) atoms. The number of aryl methyl sites for hydroxylation is 2. The van der Waals surface area contributed by atoms with Crippen LogP contribution in [0.2, 0.25) is 0 Å². The number of rotatable bonds is 5. The summed E-state index contributed by atoms with van der Waals surface area (Å²) < 4.78 is 31.3. The van der Waals surface area contributed by atoms with Gasteiger partial charge in [0.15, 0.2) is 11.6 Å². The van der Waals surface area contributed by atoms with Crippen molar-refractivity contribution in [2.24, 2.45) is 7.05 Å². The molecule has 4 aromatic rings. The highest BCUT2D eigenvalue weighted by atomic mass is 32.2. The van der Waals surface area contributed by atoms with Gasteiger partial charge in [-0.05, 0) is 31.5 Å². The number of hydrogen-bond acceptors (Lipinski definition) is 6. The minimum absolute atomic E-state index is 0.00762. The normalized spacial score (nSPS) is 11.7. The number of anilines is 1. The molecule has 9 nitrogen and oxygen atoms in total. The van der Waals surface area contributed by atoms with Crippen molar-refractivity contribution in [1.29, 1.82) is 0 Å². The van der Waals surface area contributed by atoms with Crippen molar-refractivity contribution in [3.63, 3.8) is 0 Å². The second kappa shape index (κ2) is 6.82. The molecule has 0 unspecified atom stereocenters. The highest BCUT2D eigenvalue weighted by Gasteiger charge is 2.20. The lowest BCUT2D eigenvalue weighted by Gasteiger charge is -2.08. The zero-order valence-electron chi connectivity index (χ0n) is 16.0. The van der Waals surface area contributed by atoms with Gasteiger partial charge in [-0.1, -0.05) is 12.1 Å². The van der Waals surface area contributed by atoms with Gasteiger partial charge in [0.2, 0.25) is 0 Å². The van der Waals surface area contributed by atoms with Crippen molar-refractivity contribution in [3.8, 4) is 5.82 Å². The third-order valence-electron chi connectivity index (χ3n) is 4.58. The minimum atomic E-state index is -3.87. The van der Waals surface area contributed by atoms with Crippen LogP contribution in [0.1, 0.15) is 22.8 Å². The lowest BCUT2D eigenvalue weighted by molar-refractivity contribution is 0.101. The van der Waals surface area contributed by atoms with Crippen molar-refractivity contribution in [2.75, 3.05) is 4.72 Å². The Morgan fingerprint density at radius 1 is 1.14 bits per heavy atom. The molecule has 148 valence electrons. The molecule has 1 aromatic carbocycles. The first-order valence-electron chi connectivity index (χ1n) is 8.72. The molecule has 10 heteroatoms. The van der Waals surface area contributed by atoms with E-state index in [2.05, 4.69) is 19.9 Å². The number of hydrogen-bond donors (Lipinski definition) is 1. The molecular formula is C19H18N6O3S. The van der Waals surface area contributed by atoms with Crippen molar-refractivity contribution in [1.82, 2.24) is 24.5 Å². The zero-order valence-corrected chi connectivity index (χ0v) is 16.8. The fraction of sp³-hybridized carbons (Fsp3) is 0.158. The summed E-state index contributed by atoms with van der Waals surface area (Å²) in [5.74, 6) is 0.335. The topological polar surface area (TPSA) is 112 Å². The van der Waals surface area contributed by atoms with E-state index >= 15 is 0 Å². The number of ketones is 1. The molecular weight excluding hydrogens is 392 g/mol. The molecule has 0 atom stereocenters. The van der Waals surface area contributed by atoms with Crippen LogP contribution in [0.25, 0.3) is 16.7 Å². The minimum Gasteiger partial charge on any atom is -0.294 e. The standard InChI is InChI=1S/C19H18N6O3S/c1-12-7-18(20-10-16(12)13(2)26)25-11-15(9-22-25)29(27,28)23-17-6-4-5-14-8-21-24(3)19(14)17/h4-11,23H,1-3H3. The predicted octanol–water partition coefficient (Wildman–Crippen LogP) is 2.47. The second-order valence-corrected chi connectivity index (χ2v) is 8.33. The number of sulfonamides is 1. The quantitative estimate of drug-likeness (QED) is 0.506. The molecule has 0 bridgehead atoms. The first kappa shape index (κ1) is 18.8. The fourth-order valence-corrected chi connectivity index (χ4v) is 4.12. The van der Waals surface area contributed by atoms with Crippen molar-refractivity contribution in [3.05, 3.63) is 60.2 Å². The van der Waals surface area contributed by atoms with E-state index in [-0.39, 0.29) is 10.7 Å². The number of Topliss-reactive ketones (excluding diaryl/α,β-unsaturated/α-hetero) is 1. The van der Waals surface area contributed by atoms with Crippen molar-refractivity contribution < 1.29 is 13.2 Å². The van der Waals surface area contributed by atoms with Gasteiger partial charge in [-0.25, -0.2) is 18.1 Å². The summed E-state index contributed by atoms with van der Waals surface area (Å²) in [5.41, 5.74) is 2.36. The van der Waals surface area contributed by atoms with Crippen LogP contribution in [-0.2, 0) is 17.1 Å². The van der Waals surface area contributed by atoms with E-state index in [1.807, 2.05) is 6.07 Å². The van der Waals surface area contributed by atoms with Gasteiger partial charge in [0.1, 0.15) is 4.90 Å². The number of benzene rings is 1. The molecule has 0 aliphatic heterocycles. The van der Waals surface area contributed by atoms with Crippen LogP contribution in [0.3, 0.4) is 0 Å². The van der Waals surface area contributed by atoms with E-state index in [9.17, 15) is 13.2 Å². The summed E-state index contributed by atoms with van der Waals surface area (Å²) in [5, 5.41) is 9.10. The van der Waals surface area contributed by atoms with Crippen LogP contribution in [0.15, 0.2) is 53.9 Å². The molecule has 0 fully saturated rings. The van der Waals surface area contributed by atoms with Gasteiger partial charge >= 0.3 is 0 Å². The van der Waals surface area contributed by atoms with Gasteiger partial charge in [-0.15, -0.1) is 0 Å². The number of pyridine rings is 1. The Morgan fingerprint density at radius 2 is 1.93 bits per heavy atom. The van der Waals surface area contributed by atoms with Crippen molar-refractivity contribution >= 4 is 32.4 Å². The van der Waals surface area contributed by atoms with Crippen LogP contribution in [-0.4, -0.2) is 38.7 Å². The first-order valence-corrected chi connectivity index (χ1v) is 10.2. The summed E-state index contributed by atoms with van der Waals surface area (Å²) >= 11 is 0. The highest BCUT2D eigenvalue weighted by Crippen LogP contribution is 2.25. The van der Waals surface area contributed by atoms with Gasteiger partial charge in [-0.3, -0.25) is 14.2 Å². The van der Waals surface area contributed by atoms with Gasteiger partial charge in [0.05, 0.1) is 29.8 Å². The summed E-state index contributed by atoms with van der Waals surface area (Å²) in [6.07, 6.45) is 5.76. The third-order valence-corrected chi connectivity index (χ3v) is 5.90. The number of carbonyl (C=O) groups excluding carboxylic acids is 1. The maximum atomic E-state index is 12.9. The number of fused-ring (bicyclic) bond motifs is 1. The fourth-order valence-electron chi connectivity index (χ4n) is 3.12. The largest absolute Gasteiger partial charge is 0.294 e. The zero-order chi connectivity index (χ0) is 20.8. The molecule has 0 saturated heterocycles. The van der Waals surface area contributed by atoms with E-state index in [1.54, 1.807) is 43.0 Å². The Kier molecular flexibility index (Phi) is 4.42. The Morgan fingerprint density at radius 3 is 2.66 bits per heavy atom. The Bertz CT molecular complexity index is 1350. The van der Waals surface area contributed by atoms with Crippen LogP contribution >= 0.6 is 0 Å². The van der Waals surface area contributed by atoms with E-state index < -0.39 is 10.0 Å². The van der Waals surface area contributed by atoms with E-state index in [1.165, 1.54) is 30.2 Å². The summed E-state index contributed by atoms with van der Waals surface area (Å²) in [7, 11) is -2.13. The molecule has 0 aliphatic rings. The average Bonchev–Trinajstić information content (AvgIpc) is 3.30. The van der Waals surface area contributed by atoms with Gasteiger partial charge in [-0.2, -0.15) is 10.2 Å². The number of nitrogens with zero attached hydrogens (tertiary/aromatic N) is 5. The molecule has 0 radical (unpaired) electrons. The molecule has 3 aromatic heterocycles. The van der Waals surface area contributed by atoms with E-state index in [0.717, 1.165) is 10.9 Å². The Hall–Kier alpha value is -3.53. The van der Waals surface area contributed by atoms with Crippen molar-refractivity contribution in [2.45, 2.75) is 18.7 Å². The first-order chi connectivity index (χ1) is 13.8.